The summed E-state index contributed by atoms with van der Waals surface area (Å²) in [6.45, 7) is 0. The molecule has 1 aromatic carbocycles. The lowest BCUT2D eigenvalue weighted by Crippen LogP contribution is -2.05. The molecule has 0 aliphatic rings. The van der Waals surface area contributed by atoms with Crippen LogP contribution in [-0.4, -0.2) is 14.6 Å². The molecule has 0 aliphatic carbocycles. The van der Waals surface area contributed by atoms with Crippen LogP contribution >= 0.6 is 0 Å². The quantitative estimate of drug-likeness (QED) is 0.601. The van der Waals surface area contributed by atoms with Gasteiger partial charge in [-0.1, -0.05) is 0 Å². The summed E-state index contributed by atoms with van der Waals surface area (Å²) >= 11 is 0. The monoisotopic (exact) mass is 237 g/mol. The molecule has 2 heterocycles. The van der Waals surface area contributed by atoms with Gasteiger partial charge >= 0.3 is 6.18 Å². The van der Waals surface area contributed by atoms with Gasteiger partial charge in [-0.15, -0.1) is 10.2 Å². The maximum Gasteiger partial charge on any atom is 0.416 e. The second kappa shape index (κ2) is 3.19. The number of hydrogen-bond donors (Lipinski definition) is 0. The molecule has 0 saturated heterocycles. The van der Waals surface area contributed by atoms with E-state index in [0.29, 0.717) is 11.2 Å². The van der Waals surface area contributed by atoms with Crippen molar-refractivity contribution in [2.75, 3.05) is 0 Å². The maximum atomic E-state index is 12.5. The highest BCUT2D eigenvalue weighted by atomic mass is 19.4. The van der Waals surface area contributed by atoms with Crippen molar-refractivity contribution in [2.24, 2.45) is 0 Å². The number of alkyl halides is 3. The van der Waals surface area contributed by atoms with Crippen molar-refractivity contribution in [1.82, 2.24) is 14.6 Å². The van der Waals surface area contributed by atoms with Gasteiger partial charge in [0.2, 0.25) is 0 Å². The van der Waals surface area contributed by atoms with Crippen LogP contribution in [0.15, 0.2) is 36.5 Å². The number of benzene rings is 1. The third kappa shape index (κ3) is 1.52. The highest BCUT2D eigenvalue weighted by Crippen LogP contribution is 2.30. The van der Waals surface area contributed by atoms with Crippen LogP contribution in [0.25, 0.3) is 16.7 Å². The van der Waals surface area contributed by atoms with Crippen molar-refractivity contribution in [2.45, 2.75) is 6.18 Å². The van der Waals surface area contributed by atoms with Crippen LogP contribution in [0.3, 0.4) is 0 Å². The van der Waals surface area contributed by atoms with Crippen LogP contribution in [0.5, 0.6) is 0 Å². The van der Waals surface area contributed by atoms with Crippen molar-refractivity contribution < 1.29 is 13.2 Å². The van der Waals surface area contributed by atoms with E-state index in [1.807, 2.05) is 0 Å². The van der Waals surface area contributed by atoms with Crippen LogP contribution in [0.4, 0.5) is 13.2 Å². The van der Waals surface area contributed by atoms with Gasteiger partial charge in [-0.05, 0) is 30.3 Å². The minimum absolute atomic E-state index is 0.225. The highest BCUT2D eigenvalue weighted by Gasteiger charge is 2.30. The number of nitrogens with zero attached hydrogens (tertiary/aromatic N) is 3. The molecule has 0 aliphatic heterocycles. The minimum Gasteiger partial charge on any atom is -0.298 e. The zero-order valence-corrected chi connectivity index (χ0v) is 8.44. The Hall–Kier alpha value is -2.11. The highest BCUT2D eigenvalue weighted by molar-refractivity contribution is 5.77. The van der Waals surface area contributed by atoms with Gasteiger partial charge in [0.25, 0.3) is 0 Å². The first-order chi connectivity index (χ1) is 8.05. The Morgan fingerprint density at radius 1 is 1.06 bits per heavy atom. The van der Waals surface area contributed by atoms with Crippen molar-refractivity contribution in [1.29, 1.82) is 0 Å². The maximum absolute atomic E-state index is 12.5. The fourth-order valence-electron chi connectivity index (χ4n) is 1.75. The number of hydrogen-bond acceptors (Lipinski definition) is 2. The molecule has 0 amide bonds. The Bertz CT molecular complexity index is 700. The Morgan fingerprint density at radius 2 is 1.88 bits per heavy atom. The Morgan fingerprint density at radius 3 is 2.65 bits per heavy atom. The number of halogens is 3. The van der Waals surface area contributed by atoms with Crippen LogP contribution in [0, 0.1) is 0 Å². The van der Waals surface area contributed by atoms with Crippen LogP contribution in [-0.2, 0) is 6.18 Å². The first-order valence-electron chi connectivity index (χ1n) is 4.86. The molecule has 2 aromatic heterocycles. The molecular formula is C11H6F3N3. The van der Waals surface area contributed by atoms with Gasteiger partial charge in [0.05, 0.1) is 11.1 Å². The van der Waals surface area contributed by atoms with E-state index >= 15 is 0 Å². The summed E-state index contributed by atoms with van der Waals surface area (Å²) < 4.78 is 39.2. The van der Waals surface area contributed by atoms with E-state index in [-0.39, 0.29) is 5.52 Å². The van der Waals surface area contributed by atoms with Crippen LogP contribution in [0.1, 0.15) is 5.56 Å². The van der Waals surface area contributed by atoms with Crippen LogP contribution < -0.4 is 0 Å². The summed E-state index contributed by atoms with van der Waals surface area (Å²) in [5.41, 5.74) is 0.722. The molecule has 0 fully saturated rings. The second-order valence-electron chi connectivity index (χ2n) is 3.64. The largest absolute Gasteiger partial charge is 0.416 e. The molecule has 3 rings (SSSR count). The van der Waals surface area contributed by atoms with E-state index in [1.165, 1.54) is 6.07 Å². The zero-order chi connectivity index (χ0) is 12.0. The molecule has 0 spiro atoms. The van der Waals surface area contributed by atoms with Gasteiger partial charge in [-0.3, -0.25) is 4.40 Å². The topological polar surface area (TPSA) is 30.2 Å². The van der Waals surface area contributed by atoms with Gasteiger partial charge in [-0.2, -0.15) is 13.2 Å². The van der Waals surface area contributed by atoms with Gasteiger partial charge < -0.3 is 0 Å². The summed E-state index contributed by atoms with van der Waals surface area (Å²) in [4.78, 5) is 0. The summed E-state index contributed by atoms with van der Waals surface area (Å²) in [7, 11) is 0. The lowest BCUT2D eigenvalue weighted by molar-refractivity contribution is -0.137. The standard InChI is InChI=1S/C11H6F3N3/c12-11(13,14)7-3-4-9-8(6-7)15-16-10-2-1-5-17(9)10/h1-6H. The molecule has 3 nitrogen and oxygen atoms in total. The van der Waals surface area contributed by atoms with Crippen LogP contribution in [0.2, 0.25) is 0 Å². The number of aromatic nitrogens is 3. The molecule has 0 atom stereocenters. The molecule has 3 aromatic rings. The summed E-state index contributed by atoms with van der Waals surface area (Å²) in [6.07, 6.45) is -2.62. The Kier molecular flexibility index (Phi) is 1.89. The van der Waals surface area contributed by atoms with E-state index in [9.17, 15) is 13.2 Å². The third-order valence-electron chi connectivity index (χ3n) is 2.55. The molecule has 0 unspecified atom stereocenters. The van der Waals surface area contributed by atoms with Gasteiger partial charge in [0, 0.05) is 6.20 Å². The van der Waals surface area contributed by atoms with Crippen molar-refractivity contribution >= 4 is 16.7 Å². The Labute approximate surface area is 93.5 Å². The molecule has 0 N–H and O–H groups in total. The lowest BCUT2D eigenvalue weighted by atomic mass is 10.2. The van der Waals surface area contributed by atoms with E-state index in [0.717, 1.165) is 12.1 Å². The molecule has 17 heavy (non-hydrogen) atoms. The van der Waals surface area contributed by atoms with E-state index in [1.54, 1.807) is 22.7 Å². The molecule has 6 heteroatoms. The first kappa shape index (κ1) is 10.1. The third-order valence-corrected chi connectivity index (χ3v) is 2.55. The molecule has 0 radical (unpaired) electrons. The first-order valence-corrected chi connectivity index (χ1v) is 4.86. The SMILES string of the molecule is FC(F)(F)c1ccc2c(c1)nnc1cccn12. The number of fused-ring (bicyclic) bond motifs is 3. The number of rotatable bonds is 0. The summed E-state index contributed by atoms with van der Waals surface area (Å²) in [6, 6.07) is 6.95. The molecular weight excluding hydrogens is 231 g/mol. The van der Waals surface area contributed by atoms with Crippen molar-refractivity contribution in [3.63, 3.8) is 0 Å². The average molecular weight is 237 g/mol. The van der Waals surface area contributed by atoms with Gasteiger partial charge in [0.1, 0.15) is 5.52 Å². The van der Waals surface area contributed by atoms with Crippen molar-refractivity contribution in [3.8, 4) is 0 Å². The van der Waals surface area contributed by atoms with Crippen molar-refractivity contribution in [3.05, 3.63) is 42.1 Å². The van der Waals surface area contributed by atoms with E-state index < -0.39 is 11.7 Å². The van der Waals surface area contributed by atoms with E-state index in [4.69, 9.17) is 0 Å². The second-order valence-corrected chi connectivity index (χ2v) is 3.64. The molecule has 86 valence electrons. The molecule has 0 bridgehead atoms. The fraction of sp³-hybridized carbons (Fsp3) is 0.0909. The minimum atomic E-state index is -4.36. The molecule has 0 saturated carbocycles. The Balaban J connectivity index is 2.34. The lowest BCUT2D eigenvalue weighted by Gasteiger charge is -2.07. The normalized spacial score (nSPS) is 12.4. The fourth-order valence-corrected chi connectivity index (χ4v) is 1.75. The van der Waals surface area contributed by atoms with E-state index in [2.05, 4.69) is 10.2 Å². The smallest absolute Gasteiger partial charge is 0.298 e. The average Bonchev–Trinajstić information content (AvgIpc) is 2.75. The zero-order valence-electron chi connectivity index (χ0n) is 8.44. The predicted molar refractivity (Wildman–Crippen MR) is 55.5 cm³/mol. The summed E-state index contributed by atoms with van der Waals surface area (Å²) in [5, 5.41) is 7.62. The van der Waals surface area contributed by atoms with Gasteiger partial charge in [0.15, 0.2) is 5.65 Å². The predicted octanol–water partition coefficient (Wildman–Crippen LogP) is 2.90. The summed E-state index contributed by atoms with van der Waals surface area (Å²) in [5.74, 6) is 0. The van der Waals surface area contributed by atoms with Gasteiger partial charge in [-0.25, -0.2) is 0 Å².